The van der Waals surface area contributed by atoms with Crippen LogP contribution in [0.2, 0.25) is 0 Å². The van der Waals surface area contributed by atoms with E-state index in [0.29, 0.717) is 18.8 Å². The molecule has 2 aromatic heterocycles. The molecule has 0 bridgehead atoms. The van der Waals surface area contributed by atoms with E-state index in [-0.39, 0.29) is 12.0 Å². The molecule has 1 fully saturated rings. The van der Waals surface area contributed by atoms with Crippen molar-refractivity contribution in [3.8, 4) is 5.75 Å². The third-order valence-corrected chi connectivity index (χ3v) is 6.40. The molecule has 0 saturated carbocycles. The van der Waals surface area contributed by atoms with Crippen molar-refractivity contribution in [1.29, 1.82) is 0 Å². The Labute approximate surface area is 170 Å². The number of amides is 1. The third kappa shape index (κ3) is 3.90. The van der Waals surface area contributed by atoms with Gasteiger partial charge in [0.1, 0.15) is 11.4 Å². The van der Waals surface area contributed by atoms with Gasteiger partial charge in [0.15, 0.2) is 0 Å². The number of fused-ring (bicyclic) bond motifs is 1. The van der Waals surface area contributed by atoms with Crippen LogP contribution in [0, 0.1) is 0 Å². The van der Waals surface area contributed by atoms with E-state index in [2.05, 4.69) is 31.9 Å². The molecule has 1 saturated heterocycles. The summed E-state index contributed by atoms with van der Waals surface area (Å²) in [5.74, 6) is 0.749. The van der Waals surface area contributed by atoms with Crippen molar-refractivity contribution in [2.24, 2.45) is 0 Å². The van der Waals surface area contributed by atoms with Crippen molar-refractivity contribution in [3.05, 3.63) is 51.4 Å². The number of ether oxygens (including phenoxy) is 2. The fourth-order valence-electron chi connectivity index (χ4n) is 3.48. The first-order valence-electron chi connectivity index (χ1n) is 8.96. The van der Waals surface area contributed by atoms with E-state index in [0.717, 1.165) is 44.8 Å². The highest BCUT2D eigenvalue weighted by atomic mass is 79.9. The Hall–Kier alpha value is -1.83. The first-order valence-corrected chi connectivity index (χ1v) is 10.6. The smallest absolute Gasteiger partial charge is 0.268 e. The summed E-state index contributed by atoms with van der Waals surface area (Å²) in [6, 6.07) is 11.9. The van der Waals surface area contributed by atoms with Crippen LogP contribution in [0.25, 0.3) is 10.2 Å². The van der Waals surface area contributed by atoms with Gasteiger partial charge < -0.3 is 19.4 Å². The van der Waals surface area contributed by atoms with Crippen molar-refractivity contribution in [1.82, 2.24) is 9.88 Å². The Kier molecular flexibility index (Phi) is 5.52. The average Bonchev–Trinajstić information content (AvgIpc) is 3.38. The standard InChI is InChI=1S/C20H21BrN2O3S/c1-25-17-7-3-2-5-13(17)12-23-15-10-19(21)27-18(15)9-16(23)20(24)22-11-14-6-4-8-26-14/h2-3,5,7,9-10,14H,4,6,8,11-12H2,1H3,(H,22,24)/t14-/m0/s1. The van der Waals surface area contributed by atoms with Gasteiger partial charge in [0.25, 0.3) is 5.91 Å². The van der Waals surface area contributed by atoms with Crippen molar-refractivity contribution >= 4 is 43.4 Å². The SMILES string of the molecule is COc1ccccc1Cn1c(C(=O)NC[C@@H]2CCCO2)cc2sc(Br)cc21. The van der Waals surface area contributed by atoms with Gasteiger partial charge in [0.05, 0.1) is 33.8 Å². The second-order valence-electron chi connectivity index (χ2n) is 6.57. The van der Waals surface area contributed by atoms with E-state index in [1.165, 1.54) is 0 Å². The van der Waals surface area contributed by atoms with Crippen molar-refractivity contribution in [2.75, 3.05) is 20.3 Å². The maximum absolute atomic E-state index is 12.9. The Morgan fingerprint density at radius 2 is 2.26 bits per heavy atom. The van der Waals surface area contributed by atoms with Gasteiger partial charge in [-0.25, -0.2) is 0 Å². The lowest BCUT2D eigenvalue weighted by molar-refractivity contribution is 0.0851. The Bertz CT molecular complexity index is 959. The summed E-state index contributed by atoms with van der Waals surface area (Å²) in [4.78, 5) is 12.9. The van der Waals surface area contributed by atoms with Crippen molar-refractivity contribution < 1.29 is 14.3 Å². The van der Waals surface area contributed by atoms with Gasteiger partial charge in [0.2, 0.25) is 0 Å². The number of nitrogens with one attached hydrogen (secondary N) is 1. The summed E-state index contributed by atoms with van der Waals surface area (Å²) >= 11 is 5.18. The number of rotatable bonds is 6. The molecule has 3 aromatic rings. The fraction of sp³-hybridized carbons (Fsp3) is 0.350. The highest BCUT2D eigenvalue weighted by Gasteiger charge is 2.21. The lowest BCUT2D eigenvalue weighted by Gasteiger charge is -2.14. The largest absolute Gasteiger partial charge is 0.496 e. The molecule has 0 spiro atoms. The van der Waals surface area contributed by atoms with Crippen LogP contribution in [0.3, 0.4) is 0 Å². The van der Waals surface area contributed by atoms with Gasteiger partial charge >= 0.3 is 0 Å². The van der Waals surface area contributed by atoms with Crippen LogP contribution in [0.15, 0.2) is 40.2 Å². The highest BCUT2D eigenvalue weighted by Crippen LogP contribution is 2.33. The second kappa shape index (κ2) is 8.04. The molecule has 4 rings (SSSR count). The number of carbonyl (C=O) groups is 1. The van der Waals surface area contributed by atoms with Crippen LogP contribution in [0.1, 0.15) is 28.9 Å². The number of aromatic nitrogens is 1. The van der Waals surface area contributed by atoms with Gasteiger partial charge in [-0.3, -0.25) is 4.79 Å². The quantitative estimate of drug-likeness (QED) is 0.606. The van der Waals surface area contributed by atoms with Crippen LogP contribution >= 0.6 is 27.3 Å². The minimum atomic E-state index is -0.0695. The van der Waals surface area contributed by atoms with Crippen LogP contribution in [-0.4, -0.2) is 36.8 Å². The maximum Gasteiger partial charge on any atom is 0.268 e. The highest BCUT2D eigenvalue weighted by molar-refractivity contribution is 9.11. The van der Waals surface area contributed by atoms with E-state index in [9.17, 15) is 4.79 Å². The zero-order chi connectivity index (χ0) is 18.8. The summed E-state index contributed by atoms with van der Waals surface area (Å²) in [6.45, 7) is 1.91. The zero-order valence-corrected chi connectivity index (χ0v) is 17.4. The number of nitrogens with zero attached hydrogens (tertiary/aromatic N) is 1. The molecule has 0 radical (unpaired) electrons. The normalized spacial score (nSPS) is 16.7. The number of hydrogen-bond acceptors (Lipinski definition) is 4. The van der Waals surface area contributed by atoms with E-state index < -0.39 is 0 Å². The molecule has 1 N–H and O–H groups in total. The average molecular weight is 449 g/mol. The monoisotopic (exact) mass is 448 g/mol. The van der Waals surface area contributed by atoms with E-state index in [1.807, 2.05) is 30.3 Å². The second-order valence-corrected chi connectivity index (χ2v) is 9.04. The van der Waals surface area contributed by atoms with E-state index in [1.54, 1.807) is 18.4 Å². The molecule has 1 aromatic carbocycles. The number of halogens is 1. The summed E-state index contributed by atoms with van der Waals surface area (Å²) in [5.41, 5.74) is 2.74. The summed E-state index contributed by atoms with van der Waals surface area (Å²) in [7, 11) is 1.67. The van der Waals surface area contributed by atoms with Gasteiger partial charge in [-0.15, -0.1) is 11.3 Å². The molecule has 0 aliphatic carbocycles. The third-order valence-electron chi connectivity index (χ3n) is 4.83. The summed E-state index contributed by atoms with van der Waals surface area (Å²) in [5, 5.41) is 3.04. The molecule has 0 unspecified atom stereocenters. The number of hydrogen-bond donors (Lipinski definition) is 1. The molecule has 3 heterocycles. The first-order chi connectivity index (χ1) is 13.2. The molecule has 1 aliphatic rings. The Balaban J connectivity index is 1.64. The lowest BCUT2D eigenvalue weighted by Crippen LogP contribution is -2.33. The van der Waals surface area contributed by atoms with Crippen molar-refractivity contribution in [2.45, 2.75) is 25.5 Å². The Morgan fingerprint density at radius 1 is 1.41 bits per heavy atom. The van der Waals surface area contributed by atoms with Crippen molar-refractivity contribution in [3.63, 3.8) is 0 Å². The number of thiophene rings is 1. The molecular formula is C20H21BrN2O3S. The number of benzene rings is 1. The summed E-state index contributed by atoms with van der Waals surface area (Å²) in [6.07, 6.45) is 2.20. The van der Waals surface area contributed by atoms with Crippen LogP contribution in [0.4, 0.5) is 0 Å². The maximum atomic E-state index is 12.9. The van der Waals surface area contributed by atoms with Crippen LogP contribution < -0.4 is 10.1 Å². The van der Waals surface area contributed by atoms with Crippen LogP contribution in [-0.2, 0) is 11.3 Å². The molecular weight excluding hydrogens is 428 g/mol. The Morgan fingerprint density at radius 3 is 3.04 bits per heavy atom. The van der Waals surface area contributed by atoms with Gasteiger partial charge in [-0.1, -0.05) is 18.2 Å². The number of para-hydroxylation sites is 1. The van der Waals surface area contributed by atoms with E-state index >= 15 is 0 Å². The molecule has 1 atom stereocenters. The summed E-state index contributed by atoms with van der Waals surface area (Å²) < 4.78 is 15.3. The zero-order valence-electron chi connectivity index (χ0n) is 15.0. The minimum absolute atomic E-state index is 0.0695. The topological polar surface area (TPSA) is 52.5 Å². The number of methoxy groups -OCH3 is 1. The molecule has 1 amide bonds. The van der Waals surface area contributed by atoms with Crippen LogP contribution in [0.5, 0.6) is 5.75 Å². The molecule has 27 heavy (non-hydrogen) atoms. The predicted octanol–water partition coefficient (Wildman–Crippen LogP) is 4.43. The van der Waals surface area contributed by atoms with E-state index in [4.69, 9.17) is 9.47 Å². The minimum Gasteiger partial charge on any atom is -0.496 e. The fourth-order valence-corrected chi connectivity index (χ4v) is 5.04. The molecule has 142 valence electrons. The molecule has 7 heteroatoms. The predicted molar refractivity (Wildman–Crippen MR) is 111 cm³/mol. The van der Waals surface area contributed by atoms with Gasteiger partial charge in [0, 0.05) is 18.7 Å². The van der Waals surface area contributed by atoms with Gasteiger partial charge in [-0.05, 0) is 47.0 Å². The number of carbonyl (C=O) groups excluding carboxylic acids is 1. The van der Waals surface area contributed by atoms with Gasteiger partial charge in [-0.2, -0.15) is 0 Å². The molecule has 1 aliphatic heterocycles. The lowest BCUT2D eigenvalue weighted by atomic mass is 10.2. The molecule has 5 nitrogen and oxygen atoms in total. The first kappa shape index (κ1) is 18.5.